The first-order valence-electron chi connectivity index (χ1n) is 7.06. The number of hydrogen-bond acceptors (Lipinski definition) is 3. The number of nitrogens with two attached hydrogens (primary N) is 1. The molecule has 2 aliphatic rings. The fourth-order valence-corrected chi connectivity index (χ4v) is 2.91. The van der Waals surface area contributed by atoms with E-state index in [1.807, 2.05) is 0 Å². The molecule has 16 heavy (non-hydrogen) atoms. The van der Waals surface area contributed by atoms with Crippen molar-refractivity contribution in [1.82, 2.24) is 10.2 Å². The van der Waals surface area contributed by atoms with E-state index in [-0.39, 0.29) is 0 Å². The summed E-state index contributed by atoms with van der Waals surface area (Å²) in [6, 6.07) is 1.27. The van der Waals surface area contributed by atoms with Gasteiger partial charge in [-0.2, -0.15) is 0 Å². The van der Waals surface area contributed by atoms with Gasteiger partial charge in [0.05, 0.1) is 0 Å². The van der Waals surface area contributed by atoms with E-state index in [4.69, 9.17) is 5.73 Å². The molecule has 1 aliphatic heterocycles. The third-order valence-electron chi connectivity index (χ3n) is 4.10. The quantitative estimate of drug-likeness (QED) is 0.758. The average Bonchev–Trinajstić information content (AvgIpc) is 2.33. The van der Waals surface area contributed by atoms with Crippen LogP contribution in [0.25, 0.3) is 0 Å². The van der Waals surface area contributed by atoms with Crippen molar-refractivity contribution >= 4 is 0 Å². The Morgan fingerprint density at radius 1 is 1.00 bits per heavy atom. The van der Waals surface area contributed by atoms with Gasteiger partial charge in [-0.25, -0.2) is 0 Å². The molecule has 1 aliphatic carbocycles. The molecule has 3 heteroatoms. The van der Waals surface area contributed by atoms with E-state index in [0.29, 0.717) is 6.04 Å². The Balaban J connectivity index is 1.53. The van der Waals surface area contributed by atoms with Crippen LogP contribution < -0.4 is 11.1 Å². The second-order valence-corrected chi connectivity index (χ2v) is 5.47. The van der Waals surface area contributed by atoms with E-state index >= 15 is 0 Å². The fraction of sp³-hybridized carbons (Fsp3) is 1.00. The van der Waals surface area contributed by atoms with Crippen LogP contribution in [0.4, 0.5) is 0 Å². The standard InChI is InChI=1S/C13H27N3/c14-12-6-9-16(10-7-12)11-8-15-13-4-2-1-3-5-13/h12-13,15H,1-11,14H2. The molecule has 0 radical (unpaired) electrons. The van der Waals surface area contributed by atoms with E-state index in [2.05, 4.69) is 10.2 Å². The number of nitrogens with zero attached hydrogens (tertiary/aromatic N) is 1. The van der Waals surface area contributed by atoms with Gasteiger partial charge < -0.3 is 16.0 Å². The summed E-state index contributed by atoms with van der Waals surface area (Å²) in [5.41, 5.74) is 5.90. The molecule has 1 saturated heterocycles. The van der Waals surface area contributed by atoms with Gasteiger partial charge in [-0.05, 0) is 38.8 Å². The summed E-state index contributed by atoms with van der Waals surface area (Å²) in [6.07, 6.45) is 9.46. The lowest BCUT2D eigenvalue weighted by molar-refractivity contribution is 0.208. The second kappa shape index (κ2) is 6.58. The summed E-state index contributed by atoms with van der Waals surface area (Å²) in [6.45, 7) is 4.78. The highest BCUT2D eigenvalue weighted by Gasteiger charge is 2.16. The summed E-state index contributed by atoms with van der Waals surface area (Å²) in [5, 5.41) is 3.71. The van der Waals surface area contributed by atoms with Crippen LogP contribution >= 0.6 is 0 Å². The number of hydrogen-bond donors (Lipinski definition) is 2. The van der Waals surface area contributed by atoms with Gasteiger partial charge in [0.2, 0.25) is 0 Å². The van der Waals surface area contributed by atoms with Gasteiger partial charge in [0.1, 0.15) is 0 Å². The van der Waals surface area contributed by atoms with Crippen molar-refractivity contribution < 1.29 is 0 Å². The first-order valence-corrected chi connectivity index (χ1v) is 7.06. The van der Waals surface area contributed by atoms with Crippen molar-refractivity contribution in [2.45, 2.75) is 57.0 Å². The molecule has 0 bridgehead atoms. The van der Waals surface area contributed by atoms with Crippen molar-refractivity contribution in [3.8, 4) is 0 Å². The summed E-state index contributed by atoms with van der Waals surface area (Å²) in [5.74, 6) is 0. The zero-order valence-corrected chi connectivity index (χ0v) is 10.5. The predicted octanol–water partition coefficient (Wildman–Crippen LogP) is 1.33. The minimum atomic E-state index is 0.461. The van der Waals surface area contributed by atoms with Crippen molar-refractivity contribution in [2.75, 3.05) is 26.2 Å². The lowest BCUT2D eigenvalue weighted by Gasteiger charge is -2.31. The molecule has 0 atom stereocenters. The van der Waals surface area contributed by atoms with Crippen molar-refractivity contribution in [2.24, 2.45) is 5.73 Å². The van der Waals surface area contributed by atoms with E-state index in [1.54, 1.807) is 0 Å². The maximum atomic E-state index is 5.90. The highest BCUT2D eigenvalue weighted by molar-refractivity contribution is 4.76. The molecule has 1 saturated carbocycles. The molecular formula is C13H27N3. The molecule has 3 nitrogen and oxygen atoms in total. The van der Waals surface area contributed by atoms with Gasteiger partial charge >= 0.3 is 0 Å². The number of likely N-dealkylation sites (tertiary alicyclic amines) is 1. The Hall–Kier alpha value is -0.120. The smallest absolute Gasteiger partial charge is 0.0107 e. The van der Waals surface area contributed by atoms with Gasteiger partial charge in [0.25, 0.3) is 0 Å². The Kier molecular flexibility index (Phi) is 5.07. The average molecular weight is 225 g/mol. The van der Waals surface area contributed by atoms with E-state index in [0.717, 1.165) is 6.04 Å². The molecule has 0 aromatic carbocycles. The van der Waals surface area contributed by atoms with Crippen molar-refractivity contribution in [3.63, 3.8) is 0 Å². The predicted molar refractivity (Wildman–Crippen MR) is 68.5 cm³/mol. The van der Waals surface area contributed by atoms with Gasteiger partial charge in [0, 0.05) is 25.2 Å². The molecule has 0 aromatic rings. The van der Waals surface area contributed by atoms with Gasteiger partial charge in [-0.3, -0.25) is 0 Å². The van der Waals surface area contributed by atoms with Gasteiger partial charge in [-0.15, -0.1) is 0 Å². The van der Waals surface area contributed by atoms with Crippen LogP contribution in [0.15, 0.2) is 0 Å². The van der Waals surface area contributed by atoms with Crippen LogP contribution in [-0.2, 0) is 0 Å². The molecule has 0 amide bonds. The summed E-state index contributed by atoms with van der Waals surface area (Å²) in [7, 11) is 0. The Bertz CT molecular complexity index is 182. The van der Waals surface area contributed by atoms with E-state index in [9.17, 15) is 0 Å². The van der Waals surface area contributed by atoms with Crippen LogP contribution in [-0.4, -0.2) is 43.2 Å². The lowest BCUT2D eigenvalue weighted by atomic mass is 9.95. The van der Waals surface area contributed by atoms with Crippen molar-refractivity contribution in [1.29, 1.82) is 0 Å². The molecule has 1 heterocycles. The van der Waals surface area contributed by atoms with E-state index in [1.165, 1.54) is 71.1 Å². The topological polar surface area (TPSA) is 41.3 Å². The Morgan fingerprint density at radius 3 is 2.38 bits per heavy atom. The van der Waals surface area contributed by atoms with Gasteiger partial charge in [-0.1, -0.05) is 19.3 Å². The zero-order valence-electron chi connectivity index (χ0n) is 10.5. The maximum Gasteiger partial charge on any atom is 0.0107 e. The number of nitrogens with one attached hydrogen (secondary N) is 1. The SMILES string of the molecule is NC1CCN(CCNC2CCCCC2)CC1. The second-order valence-electron chi connectivity index (χ2n) is 5.47. The maximum absolute atomic E-state index is 5.90. The molecule has 94 valence electrons. The first-order chi connectivity index (χ1) is 7.84. The molecule has 0 spiro atoms. The Labute approximate surface area is 99.8 Å². The monoisotopic (exact) mass is 225 g/mol. The minimum absolute atomic E-state index is 0.461. The fourth-order valence-electron chi connectivity index (χ4n) is 2.91. The molecule has 2 rings (SSSR count). The molecule has 0 unspecified atom stereocenters. The normalized spacial score (nSPS) is 26.1. The third-order valence-corrected chi connectivity index (χ3v) is 4.10. The van der Waals surface area contributed by atoms with Crippen LogP contribution in [0.2, 0.25) is 0 Å². The van der Waals surface area contributed by atoms with E-state index < -0.39 is 0 Å². The molecule has 0 aromatic heterocycles. The first kappa shape index (κ1) is 12.3. The highest BCUT2D eigenvalue weighted by atomic mass is 15.1. The molecule has 2 fully saturated rings. The zero-order chi connectivity index (χ0) is 11.2. The Morgan fingerprint density at radius 2 is 1.69 bits per heavy atom. The van der Waals surface area contributed by atoms with Crippen LogP contribution in [0.1, 0.15) is 44.9 Å². The summed E-state index contributed by atoms with van der Waals surface area (Å²) >= 11 is 0. The number of rotatable bonds is 4. The number of piperidine rings is 1. The largest absolute Gasteiger partial charge is 0.328 e. The highest BCUT2D eigenvalue weighted by Crippen LogP contribution is 2.17. The van der Waals surface area contributed by atoms with Crippen LogP contribution in [0, 0.1) is 0 Å². The molecule has 3 N–H and O–H groups in total. The van der Waals surface area contributed by atoms with Crippen LogP contribution in [0.3, 0.4) is 0 Å². The minimum Gasteiger partial charge on any atom is -0.328 e. The van der Waals surface area contributed by atoms with Crippen molar-refractivity contribution in [3.05, 3.63) is 0 Å². The molecular weight excluding hydrogens is 198 g/mol. The summed E-state index contributed by atoms with van der Waals surface area (Å²) < 4.78 is 0. The van der Waals surface area contributed by atoms with Crippen LogP contribution in [0.5, 0.6) is 0 Å². The third kappa shape index (κ3) is 4.04. The summed E-state index contributed by atoms with van der Waals surface area (Å²) in [4.78, 5) is 2.55. The lowest BCUT2D eigenvalue weighted by Crippen LogP contribution is -2.44. The van der Waals surface area contributed by atoms with Gasteiger partial charge in [0.15, 0.2) is 0 Å².